The van der Waals surface area contributed by atoms with E-state index >= 15 is 0 Å². The molecule has 9 nitrogen and oxygen atoms in total. The first-order valence-corrected chi connectivity index (χ1v) is 12.6. The number of carbonyl (C=O) groups excluding carboxylic acids is 1. The molecule has 0 aliphatic carbocycles. The van der Waals surface area contributed by atoms with E-state index in [0.717, 1.165) is 48.2 Å². The molecular weight excluding hydrogens is 468 g/mol. The van der Waals surface area contributed by atoms with Gasteiger partial charge in [-0.05, 0) is 44.5 Å². The van der Waals surface area contributed by atoms with E-state index in [1.807, 2.05) is 29.3 Å². The number of hydrogen-bond donors (Lipinski definition) is 1. The third-order valence-corrected chi connectivity index (χ3v) is 7.02. The monoisotopic (exact) mass is 500 g/mol. The van der Waals surface area contributed by atoms with Crippen molar-refractivity contribution in [2.45, 2.75) is 25.3 Å². The van der Waals surface area contributed by atoms with Gasteiger partial charge in [0, 0.05) is 43.5 Å². The van der Waals surface area contributed by atoms with Crippen LogP contribution in [-0.2, 0) is 4.79 Å². The molecule has 2 N–H and O–H groups in total. The maximum Gasteiger partial charge on any atom is 0.246 e. The Hall–Kier alpha value is -4.03. The fourth-order valence-corrected chi connectivity index (χ4v) is 5.04. The van der Waals surface area contributed by atoms with E-state index in [-0.39, 0.29) is 11.9 Å². The van der Waals surface area contributed by atoms with Crippen molar-refractivity contribution in [1.29, 1.82) is 0 Å². The summed E-state index contributed by atoms with van der Waals surface area (Å²) >= 11 is 0. The maximum atomic E-state index is 12.8. The standard InChI is InChI=1S/C28H32N6O3/c1-36-23-14-20(15-24(16-23)37-2)7-8-21-17-34(28-26(21)27(29)30-19-31-28)22-9-13-33(18-22)25(35)6-5-12-32-10-3-4-11-32/h5-6,14-17,19,22H,3-4,9-13,18H2,1-2H3,(H2,29,30,31)/b6-5+. The Balaban J connectivity index is 1.37. The number of ether oxygens (including phenoxy) is 2. The molecule has 0 radical (unpaired) electrons. The van der Waals surface area contributed by atoms with Crippen LogP contribution in [0.3, 0.4) is 0 Å². The summed E-state index contributed by atoms with van der Waals surface area (Å²) in [5.41, 5.74) is 8.48. The molecule has 0 spiro atoms. The zero-order valence-electron chi connectivity index (χ0n) is 21.3. The molecule has 1 unspecified atom stereocenters. The van der Waals surface area contributed by atoms with Gasteiger partial charge in [0.2, 0.25) is 5.91 Å². The van der Waals surface area contributed by atoms with Gasteiger partial charge in [-0.25, -0.2) is 9.97 Å². The summed E-state index contributed by atoms with van der Waals surface area (Å²) in [6, 6.07) is 5.59. The average Bonchev–Trinajstić information content (AvgIpc) is 3.67. The van der Waals surface area contributed by atoms with Crippen molar-refractivity contribution in [2.75, 3.05) is 52.7 Å². The quantitative estimate of drug-likeness (QED) is 0.410. The number of likely N-dealkylation sites (tertiary alicyclic amines) is 2. The lowest BCUT2D eigenvalue weighted by Gasteiger charge is -2.16. The van der Waals surface area contributed by atoms with Crippen molar-refractivity contribution in [1.82, 2.24) is 24.3 Å². The maximum absolute atomic E-state index is 12.8. The number of aromatic nitrogens is 3. The molecule has 0 saturated carbocycles. The minimum absolute atomic E-state index is 0.0549. The lowest BCUT2D eigenvalue weighted by molar-refractivity contribution is -0.125. The highest BCUT2D eigenvalue weighted by Crippen LogP contribution is 2.31. The summed E-state index contributed by atoms with van der Waals surface area (Å²) in [5.74, 6) is 8.20. The van der Waals surface area contributed by atoms with Crippen molar-refractivity contribution in [3.63, 3.8) is 0 Å². The number of nitrogens with two attached hydrogens (primary N) is 1. The molecule has 2 saturated heterocycles. The lowest BCUT2D eigenvalue weighted by atomic mass is 10.1. The lowest BCUT2D eigenvalue weighted by Crippen LogP contribution is -2.28. The molecule has 1 atom stereocenters. The third-order valence-electron chi connectivity index (χ3n) is 7.02. The third kappa shape index (κ3) is 5.39. The summed E-state index contributed by atoms with van der Waals surface area (Å²) < 4.78 is 12.8. The Bertz CT molecular complexity index is 1360. The Labute approximate surface area is 216 Å². The zero-order chi connectivity index (χ0) is 25.8. The fraction of sp³-hybridized carbons (Fsp3) is 0.393. The largest absolute Gasteiger partial charge is 0.497 e. The number of anilines is 1. The Morgan fingerprint density at radius 2 is 1.86 bits per heavy atom. The highest BCUT2D eigenvalue weighted by Gasteiger charge is 2.28. The predicted octanol–water partition coefficient (Wildman–Crippen LogP) is 2.86. The topological polar surface area (TPSA) is 98.7 Å². The molecule has 2 aromatic heterocycles. The Morgan fingerprint density at radius 1 is 1.11 bits per heavy atom. The summed E-state index contributed by atoms with van der Waals surface area (Å²) in [4.78, 5) is 25.8. The van der Waals surface area contributed by atoms with Gasteiger partial charge in [-0.15, -0.1) is 0 Å². The van der Waals surface area contributed by atoms with Gasteiger partial charge in [-0.2, -0.15) is 0 Å². The Morgan fingerprint density at radius 3 is 2.59 bits per heavy atom. The van der Waals surface area contributed by atoms with Crippen molar-refractivity contribution >= 4 is 22.8 Å². The Kier molecular flexibility index (Phi) is 7.28. The molecule has 4 heterocycles. The van der Waals surface area contributed by atoms with Crippen molar-refractivity contribution in [3.8, 4) is 23.3 Å². The molecule has 1 aromatic carbocycles. The molecule has 2 aliphatic rings. The highest BCUT2D eigenvalue weighted by molar-refractivity contribution is 5.92. The van der Waals surface area contributed by atoms with Gasteiger partial charge < -0.3 is 24.7 Å². The second-order valence-electron chi connectivity index (χ2n) is 9.40. The summed E-state index contributed by atoms with van der Waals surface area (Å²) in [7, 11) is 3.22. The normalized spacial score (nSPS) is 17.9. The van der Waals surface area contributed by atoms with Gasteiger partial charge in [-0.1, -0.05) is 17.9 Å². The van der Waals surface area contributed by atoms with Crippen LogP contribution < -0.4 is 15.2 Å². The minimum Gasteiger partial charge on any atom is -0.497 e. The summed E-state index contributed by atoms with van der Waals surface area (Å²) in [6.45, 7) is 4.38. The number of carbonyl (C=O) groups is 1. The molecule has 3 aromatic rings. The molecule has 0 bridgehead atoms. The van der Waals surface area contributed by atoms with Crippen LogP contribution >= 0.6 is 0 Å². The summed E-state index contributed by atoms with van der Waals surface area (Å²) in [6.07, 6.45) is 10.5. The van der Waals surface area contributed by atoms with E-state index in [9.17, 15) is 4.79 Å². The van der Waals surface area contributed by atoms with Crippen LogP contribution in [0.2, 0.25) is 0 Å². The van der Waals surface area contributed by atoms with Crippen LogP contribution in [0.15, 0.2) is 42.9 Å². The molecule has 192 valence electrons. The minimum atomic E-state index is 0.0549. The number of fused-ring (bicyclic) bond motifs is 1. The second-order valence-corrected chi connectivity index (χ2v) is 9.40. The van der Waals surface area contributed by atoms with Crippen LogP contribution in [0.4, 0.5) is 5.82 Å². The number of rotatable bonds is 6. The van der Waals surface area contributed by atoms with Gasteiger partial charge in [-0.3, -0.25) is 9.69 Å². The van der Waals surface area contributed by atoms with Gasteiger partial charge in [0.05, 0.1) is 31.2 Å². The smallest absolute Gasteiger partial charge is 0.246 e. The molecule has 1 amide bonds. The van der Waals surface area contributed by atoms with Crippen molar-refractivity contribution < 1.29 is 14.3 Å². The van der Waals surface area contributed by atoms with Crippen LogP contribution in [0.25, 0.3) is 11.0 Å². The number of methoxy groups -OCH3 is 2. The second kappa shape index (κ2) is 10.9. The van der Waals surface area contributed by atoms with Crippen molar-refractivity contribution in [3.05, 3.63) is 54.0 Å². The van der Waals surface area contributed by atoms with Crippen LogP contribution in [0.5, 0.6) is 11.5 Å². The summed E-state index contributed by atoms with van der Waals surface area (Å²) in [5, 5.41) is 0.722. The van der Waals surface area contributed by atoms with E-state index in [1.54, 1.807) is 26.4 Å². The van der Waals surface area contributed by atoms with Gasteiger partial charge in [0.1, 0.15) is 29.3 Å². The fourth-order valence-electron chi connectivity index (χ4n) is 5.04. The number of hydrogen-bond acceptors (Lipinski definition) is 7. The van der Waals surface area contributed by atoms with E-state index < -0.39 is 0 Å². The van der Waals surface area contributed by atoms with E-state index in [4.69, 9.17) is 15.2 Å². The first kappa shape index (κ1) is 24.7. The van der Waals surface area contributed by atoms with Crippen LogP contribution in [0, 0.1) is 11.8 Å². The molecule has 5 rings (SSSR count). The van der Waals surface area contributed by atoms with Gasteiger partial charge in [0.25, 0.3) is 0 Å². The number of nitrogen functional groups attached to an aromatic ring is 1. The number of amides is 1. The van der Waals surface area contributed by atoms with E-state index in [2.05, 4.69) is 31.3 Å². The average molecular weight is 501 g/mol. The van der Waals surface area contributed by atoms with E-state index in [0.29, 0.717) is 30.4 Å². The highest BCUT2D eigenvalue weighted by atomic mass is 16.5. The number of nitrogens with zero attached hydrogens (tertiary/aromatic N) is 5. The first-order valence-electron chi connectivity index (χ1n) is 12.6. The molecule has 2 fully saturated rings. The molecule has 2 aliphatic heterocycles. The van der Waals surface area contributed by atoms with Crippen LogP contribution in [0.1, 0.15) is 36.4 Å². The number of benzene rings is 1. The SMILES string of the molecule is COc1cc(C#Cc2cn(C3CCN(C(=O)/C=C/CN4CCCC4)C3)c3ncnc(N)c23)cc(OC)c1. The van der Waals surface area contributed by atoms with Crippen molar-refractivity contribution in [2.24, 2.45) is 0 Å². The molecular formula is C28H32N6O3. The van der Waals surface area contributed by atoms with Gasteiger partial charge >= 0.3 is 0 Å². The predicted molar refractivity (Wildman–Crippen MR) is 143 cm³/mol. The zero-order valence-corrected chi connectivity index (χ0v) is 21.3. The van der Waals surface area contributed by atoms with E-state index in [1.165, 1.54) is 19.2 Å². The molecule has 9 heteroatoms. The van der Waals surface area contributed by atoms with Gasteiger partial charge in [0.15, 0.2) is 0 Å². The molecule has 37 heavy (non-hydrogen) atoms. The first-order chi connectivity index (χ1) is 18.1. The van der Waals surface area contributed by atoms with Crippen LogP contribution in [-0.4, -0.2) is 77.2 Å².